The fraction of sp³-hybridized carbons (Fsp3) is 0.208. The van der Waals surface area contributed by atoms with Crippen LogP contribution in [-0.4, -0.2) is 20.9 Å². The van der Waals surface area contributed by atoms with Crippen molar-refractivity contribution in [3.8, 4) is 0 Å². The summed E-state index contributed by atoms with van der Waals surface area (Å²) in [5, 5.41) is 3.26. The summed E-state index contributed by atoms with van der Waals surface area (Å²) in [5.41, 5.74) is 2.90. The van der Waals surface area contributed by atoms with Gasteiger partial charge in [-0.3, -0.25) is 9.10 Å². The molecule has 1 N–H and O–H groups in total. The summed E-state index contributed by atoms with van der Waals surface area (Å²) in [5.74, 6) is -0.157. The lowest BCUT2D eigenvalue weighted by molar-refractivity contribution is -0.114. The Morgan fingerprint density at radius 2 is 1.65 bits per heavy atom. The van der Waals surface area contributed by atoms with Gasteiger partial charge in [-0.2, -0.15) is 0 Å². The average Bonchev–Trinajstić information content (AvgIpc) is 2.75. The van der Waals surface area contributed by atoms with Crippen molar-refractivity contribution in [2.75, 3.05) is 16.2 Å². The average molecular weight is 457 g/mol. The molecule has 3 rings (SSSR count). The zero-order valence-corrected chi connectivity index (χ0v) is 19.2. The number of nitrogens with one attached hydrogen (secondary N) is 1. The number of anilines is 2. The van der Waals surface area contributed by atoms with E-state index in [0.717, 1.165) is 15.4 Å². The zero-order valence-electron chi connectivity index (χ0n) is 17.7. The molecule has 0 fully saturated rings. The van der Waals surface area contributed by atoms with Crippen molar-refractivity contribution in [2.24, 2.45) is 0 Å². The van der Waals surface area contributed by atoms with Gasteiger partial charge in [0.25, 0.3) is 10.0 Å². The minimum Gasteiger partial charge on any atom is -0.324 e. The molecule has 162 valence electrons. The fourth-order valence-corrected chi connectivity index (χ4v) is 4.68. The highest BCUT2D eigenvalue weighted by Gasteiger charge is 2.27. The number of amides is 1. The Hall–Kier alpha value is -2.83. The number of carbonyl (C=O) groups excluding carboxylic acids is 1. The quantitative estimate of drug-likeness (QED) is 0.502. The minimum absolute atomic E-state index is 0.120. The van der Waals surface area contributed by atoms with Crippen molar-refractivity contribution in [3.63, 3.8) is 0 Å². The highest BCUT2D eigenvalue weighted by Crippen LogP contribution is 2.26. The van der Waals surface area contributed by atoms with Crippen molar-refractivity contribution in [1.82, 2.24) is 0 Å². The Morgan fingerprint density at radius 3 is 2.23 bits per heavy atom. The van der Waals surface area contributed by atoms with Crippen LogP contribution in [0.5, 0.6) is 0 Å². The molecule has 7 heteroatoms. The minimum atomic E-state index is -3.94. The standard InChI is InChI=1S/C24H25ClN2O3S/c1-17(2)19-10-13-21(14-11-19)27(31(29,30)22-7-5-4-6-8-22)16-24(28)26-20-12-9-18(3)23(25)15-20/h4-15,17H,16H2,1-3H3,(H,26,28). The summed E-state index contributed by atoms with van der Waals surface area (Å²) in [6.07, 6.45) is 0. The summed E-state index contributed by atoms with van der Waals surface area (Å²) in [7, 11) is -3.94. The van der Waals surface area contributed by atoms with Crippen LogP contribution in [0.4, 0.5) is 11.4 Å². The first-order valence-corrected chi connectivity index (χ1v) is 11.7. The summed E-state index contributed by atoms with van der Waals surface area (Å²) >= 11 is 6.13. The Morgan fingerprint density at radius 1 is 1.00 bits per heavy atom. The fourth-order valence-electron chi connectivity index (χ4n) is 3.06. The first-order valence-electron chi connectivity index (χ1n) is 9.92. The molecule has 0 heterocycles. The molecule has 1 amide bonds. The number of sulfonamides is 1. The van der Waals surface area contributed by atoms with E-state index in [9.17, 15) is 13.2 Å². The molecule has 3 aromatic rings. The topological polar surface area (TPSA) is 66.5 Å². The van der Waals surface area contributed by atoms with Crippen LogP contribution in [0.25, 0.3) is 0 Å². The smallest absolute Gasteiger partial charge is 0.264 e. The first-order chi connectivity index (χ1) is 14.7. The van der Waals surface area contributed by atoms with Gasteiger partial charge in [0.1, 0.15) is 6.54 Å². The lowest BCUT2D eigenvalue weighted by Crippen LogP contribution is -2.38. The second-order valence-electron chi connectivity index (χ2n) is 7.58. The first kappa shape index (κ1) is 22.8. The van der Waals surface area contributed by atoms with Gasteiger partial charge in [-0.15, -0.1) is 0 Å². The Bertz CT molecular complexity index is 1160. The molecule has 31 heavy (non-hydrogen) atoms. The van der Waals surface area contributed by atoms with Gasteiger partial charge in [0.05, 0.1) is 10.6 Å². The maximum absolute atomic E-state index is 13.4. The molecule has 0 spiro atoms. The Balaban J connectivity index is 1.93. The van der Waals surface area contributed by atoms with E-state index in [1.54, 1.807) is 48.5 Å². The van der Waals surface area contributed by atoms with Crippen LogP contribution in [0.2, 0.25) is 5.02 Å². The van der Waals surface area contributed by atoms with Gasteiger partial charge >= 0.3 is 0 Å². The van der Waals surface area contributed by atoms with Crippen molar-refractivity contribution < 1.29 is 13.2 Å². The summed E-state index contributed by atoms with van der Waals surface area (Å²) < 4.78 is 27.8. The van der Waals surface area contributed by atoms with Crippen LogP contribution in [0.3, 0.4) is 0 Å². The van der Waals surface area contributed by atoms with E-state index in [0.29, 0.717) is 22.3 Å². The van der Waals surface area contributed by atoms with Crippen molar-refractivity contribution in [3.05, 3.63) is 88.9 Å². The van der Waals surface area contributed by atoms with Gasteiger partial charge in [-0.05, 0) is 60.4 Å². The molecule has 5 nitrogen and oxygen atoms in total. The largest absolute Gasteiger partial charge is 0.324 e. The molecule has 0 bridgehead atoms. The van der Waals surface area contributed by atoms with Gasteiger partial charge in [0, 0.05) is 10.7 Å². The number of carbonyl (C=O) groups is 1. The highest BCUT2D eigenvalue weighted by atomic mass is 35.5. The maximum atomic E-state index is 13.4. The number of halogens is 1. The molecular weight excluding hydrogens is 432 g/mol. The third-order valence-corrected chi connectivity index (χ3v) is 7.12. The van der Waals surface area contributed by atoms with Crippen molar-refractivity contribution >= 4 is 38.9 Å². The number of hydrogen-bond donors (Lipinski definition) is 1. The maximum Gasteiger partial charge on any atom is 0.264 e. The van der Waals surface area contributed by atoms with E-state index in [1.165, 1.54) is 12.1 Å². The molecule has 0 aliphatic heterocycles. The second-order valence-corrected chi connectivity index (χ2v) is 9.85. The van der Waals surface area contributed by atoms with Crippen LogP contribution in [0.15, 0.2) is 77.7 Å². The number of rotatable bonds is 7. The van der Waals surface area contributed by atoms with E-state index in [2.05, 4.69) is 19.2 Å². The molecule has 0 aliphatic rings. The van der Waals surface area contributed by atoms with E-state index in [1.807, 2.05) is 19.1 Å². The van der Waals surface area contributed by atoms with E-state index in [-0.39, 0.29) is 11.4 Å². The van der Waals surface area contributed by atoms with Crippen LogP contribution in [0, 0.1) is 6.92 Å². The molecule has 3 aromatic carbocycles. The van der Waals surface area contributed by atoms with E-state index >= 15 is 0 Å². The molecule has 0 saturated heterocycles. The SMILES string of the molecule is Cc1ccc(NC(=O)CN(c2ccc(C(C)C)cc2)S(=O)(=O)c2ccccc2)cc1Cl. The molecule has 0 aromatic heterocycles. The Kier molecular flexibility index (Phi) is 7.03. The number of benzene rings is 3. The van der Waals surface area contributed by atoms with Crippen LogP contribution >= 0.6 is 11.6 Å². The molecule has 0 radical (unpaired) electrons. The third kappa shape index (κ3) is 5.46. The lowest BCUT2D eigenvalue weighted by atomic mass is 10.0. The normalized spacial score (nSPS) is 11.4. The van der Waals surface area contributed by atoms with Gasteiger partial charge < -0.3 is 5.32 Å². The molecular formula is C24H25ClN2O3S. The van der Waals surface area contributed by atoms with Gasteiger partial charge in [0.2, 0.25) is 5.91 Å². The molecule has 0 unspecified atom stereocenters. The van der Waals surface area contributed by atoms with E-state index in [4.69, 9.17) is 11.6 Å². The van der Waals surface area contributed by atoms with E-state index < -0.39 is 15.9 Å². The molecule has 0 aliphatic carbocycles. The van der Waals surface area contributed by atoms with Crippen LogP contribution < -0.4 is 9.62 Å². The van der Waals surface area contributed by atoms with Gasteiger partial charge in [-0.25, -0.2) is 8.42 Å². The van der Waals surface area contributed by atoms with Gasteiger partial charge in [-0.1, -0.05) is 61.8 Å². The third-order valence-electron chi connectivity index (χ3n) is 4.92. The molecule has 0 atom stereocenters. The second kappa shape index (κ2) is 9.54. The van der Waals surface area contributed by atoms with Crippen LogP contribution in [0.1, 0.15) is 30.9 Å². The van der Waals surface area contributed by atoms with Gasteiger partial charge in [0.15, 0.2) is 0 Å². The predicted molar refractivity (Wildman–Crippen MR) is 126 cm³/mol. The predicted octanol–water partition coefficient (Wildman–Crippen LogP) is 5.61. The Labute approximate surface area is 188 Å². The summed E-state index contributed by atoms with van der Waals surface area (Å²) in [6, 6.07) is 20.5. The van der Waals surface area contributed by atoms with Crippen LogP contribution in [-0.2, 0) is 14.8 Å². The number of hydrogen-bond acceptors (Lipinski definition) is 3. The summed E-state index contributed by atoms with van der Waals surface area (Å²) in [4.78, 5) is 12.9. The monoisotopic (exact) mass is 456 g/mol. The lowest BCUT2D eigenvalue weighted by Gasteiger charge is -2.24. The summed E-state index contributed by atoms with van der Waals surface area (Å²) in [6.45, 7) is 5.62. The zero-order chi connectivity index (χ0) is 22.6. The number of nitrogens with zero attached hydrogens (tertiary/aromatic N) is 1. The van der Waals surface area contributed by atoms with Crippen molar-refractivity contribution in [1.29, 1.82) is 0 Å². The number of aryl methyl sites for hydroxylation is 1. The highest BCUT2D eigenvalue weighted by molar-refractivity contribution is 7.92. The van der Waals surface area contributed by atoms with Crippen molar-refractivity contribution in [2.45, 2.75) is 31.6 Å². The molecule has 0 saturated carbocycles.